The monoisotopic (exact) mass is 278 g/mol. The Morgan fingerprint density at radius 1 is 1.45 bits per heavy atom. The van der Waals surface area contributed by atoms with Crippen molar-refractivity contribution in [1.29, 1.82) is 0 Å². The number of carbonyl (C=O) groups excluding carboxylic acids is 1. The molecule has 1 fully saturated rings. The van der Waals surface area contributed by atoms with E-state index >= 15 is 0 Å². The number of aromatic hydroxyl groups is 1. The molecule has 5 nitrogen and oxygen atoms in total. The molecule has 5 heteroatoms. The molecule has 3 N–H and O–H groups in total. The lowest BCUT2D eigenvalue weighted by Gasteiger charge is -2.44. The molecule has 0 radical (unpaired) electrons. The van der Waals surface area contributed by atoms with Crippen LogP contribution in [0.2, 0.25) is 0 Å². The fraction of sp³-hybridized carbons (Fsp3) is 0.533. The first-order valence-electron chi connectivity index (χ1n) is 6.83. The Balaban J connectivity index is 2.03. The predicted octanol–water partition coefficient (Wildman–Crippen LogP) is 2.11. The van der Waals surface area contributed by atoms with Gasteiger partial charge in [-0.3, -0.25) is 0 Å². The summed E-state index contributed by atoms with van der Waals surface area (Å²) in [4.78, 5) is 11.7. The van der Waals surface area contributed by atoms with Gasteiger partial charge in [0.05, 0.1) is 5.54 Å². The number of hydrogen-bond donors (Lipinski definition) is 3. The van der Waals surface area contributed by atoms with Crippen LogP contribution in [0.15, 0.2) is 24.3 Å². The van der Waals surface area contributed by atoms with Gasteiger partial charge in [-0.05, 0) is 39.8 Å². The van der Waals surface area contributed by atoms with Gasteiger partial charge in [0.25, 0.3) is 0 Å². The van der Waals surface area contributed by atoms with E-state index in [1.54, 1.807) is 12.1 Å². The molecule has 20 heavy (non-hydrogen) atoms. The standard InChI is InChI=1S/C15H22N2O3/c1-14(2,3)20-13(19)16-10-15(8-9-17-15)11-6-4-5-7-12(11)18/h4-7,17-18H,8-10H2,1-3H3,(H,16,19). The third kappa shape index (κ3) is 3.22. The van der Waals surface area contributed by atoms with E-state index in [0.717, 1.165) is 18.5 Å². The molecule has 1 aliphatic heterocycles. The van der Waals surface area contributed by atoms with Crippen LogP contribution in [0.25, 0.3) is 0 Å². The molecule has 0 aromatic heterocycles. The molecule has 1 aliphatic rings. The summed E-state index contributed by atoms with van der Waals surface area (Å²) in [6.45, 7) is 6.73. The summed E-state index contributed by atoms with van der Waals surface area (Å²) >= 11 is 0. The SMILES string of the molecule is CC(C)(C)OC(=O)NCC1(c2ccccc2O)CCN1. The molecule has 1 amide bonds. The number of ether oxygens (including phenoxy) is 1. The topological polar surface area (TPSA) is 70.6 Å². The Kier molecular flexibility index (Phi) is 3.90. The van der Waals surface area contributed by atoms with Crippen molar-refractivity contribution in [3.63, 3.8) is 0 Å². The second-order valence-electron chi connectivity index (χ2n) is 6.13. The second kappa shape index (κ2) is 5.32. The van der Waals surface area contributed by atoms with Crippen molar-refractivity contribution in [3.05, 3.63) is 29.8 Å². The van der Waals surface area contributed by atoms with Crippen molar-refractivity contribution in [2.24, 2.45) is 0 Å². The van der Waals surface area contributed by atoms with Gasteiger partial charge < -0.3 is 20.5 Å². The van der Waals surface area contributed by atoms with E-state index in [1.807, 2.05) is 32.9 Å². The van der Waals surface area contributed by atoms with Crippen LogP contribution in [-0.4, -0.2) is 29.9 Å². The van der Waals surface area contributed by atoms with E-state index in [-0.39, 0.29) is 5.75 Å². The quantitative estimate of drug-likeness (QED) is 0.792. The van der Waals surface area contributed by atoms with Gasteiger partial charge in [-0.25, -0.2) is 4.79 Å². The minimum absolute atomic E-state index is 0.241. The fourth-order valence-corrected chi connectivity index (χ4v) is 2.32. The third-order valence-electron chi connectivity index (χ3n) is 3.37. The van der Waals surface area contributed by atoms with Crippen molar-refractivity contribution in [1.82, 2.24) is 10.6 Å². The highest BCUT2D eigenvalue weighted by Gasteiger charge is 2.40. The van der Waals surface area contributed by atoms with Crippen molar-refractivity contribution in [2.45, 2.75) is 38.3 Å². The molecule has 0 aliphatic carbocycles. The Labute approximate surface area is 119 Å². The molecule has 1 atom stereocenters. The van der Waals surface area contributed by atoms with Crippen LogP contribution < -0.4 is 10.6 Å². The smallest absolute Gasteiger partial charge is 0.407 e. The zero-order valence-corrected chi connectivity index (χ0v) is 12.2. The molecule has 1 aromatic rings. The van der Waals surface area contributed by atoms with Crippen molar-refractivity contribution in [2.75, 3.05) is 13.1 Å². The lowest BCUT2D eigenvalue weighted by atomic mass is 9.80. The number of amides is 1. The summed E-state index contributed by atoms with van der Waals surface area (Å²) < 4.78 is 5.23. The Hall–Kier alpha value is -1.75. The summed E-state index contributed by atoms with van der Waals surface area (Å²) in [6, 6.07) is 7.19. The van der Waals surface area contributed by atoms with Crippen LogP contribution in [-0.2, 0) is 10.3 Å². The van der Waals surface area contributed by atoms with Gasteiger partial charge in [-0.2, -0.15) is 0 Å². The Bertz CT molecular complexity index is 490. The largest absolute Gasteiger partial charge is 0.508 e. The van der Waals surface area contributed by atoms with Crippen LogP contribution in [0.1, 0.15) is 32.8 Å². The zero-order valence-electron chi connectivity index (χ0n) is 12.2. The lowest BCUT2D eigenvalue weighted by Crippen LogP contribution is -2.60. The Morgan fingerprint density at radius 2 is 2.10 bits per heavy atom. The average molecular weight is 278 g/mol. The number of rotatable bonds is 3. The van der Waals surface area contributed by atoms with Gasteiger partial charge >= 0.3 is 6.09 Å². The molecule has 1 aromatic carbocycles. The van der Waals surface area contributed by atoms with Crippen molar-refractivity contribution >= 4 is 6.09 Å². The van der Waals surface area contributed by atoms with E-state index < -0.39 is 17.2 Å². The van der Waals surface area contributed by atoms with Crippen LogP contribution in [0.5, 0.6) is 5.75 Å². The van der Waals surface area contributed by atoms with Gasteiger partial charge in [0.15, 0.2) is 0 Å². The summed E-state index contributed by atoms with van der Waals surface area (Å²) in [6.07, 6.45) is 0.418. The molecule has 1 unspecified atom stereocenters. The summed E-state index contributed by atoms with van der Waals surface area (Å²) in [5, 5.41) is 16.1. The van der Waals surface area contributed by atoms with Crippen LogP contribution >= 0.6 is 0 Å². The average Bonchev–Trinajstić information content (AvgIpc) is 2.27. The van der Waals surface area contributed by atoms with Gasteiger partial charge in [0, 0.05) is 12.1 Å². The highest BCUT2D eigenvalue weighted by atomic mass is 16.6. The zero-order chi connectivity index (χ0) is 14.8. The second-order valence-corrected chi connectivity index (χ2v) is 6.13. The van der Waals surface area contributed by atoms with E-state index in [0.29, 0.717) is 6.54 Å². The first-order chi connectivity index (χ1) is 9.32. The number of benzene rings is 1. The maximum Gasteiger partial charge on any atom is 0.407 e. The van der Waals surface area contributed by atoms with Crippen molar-refractivity contribution in [3.8, 4) is 5.75 Å². The van der Waals surface area contributed by atoms with Crippen molar-refractivity contribution < 1.29 is 14.6 Å². The molecular weight excluding hydrogens is 256 g/mol. The van der Waals surface area contributed by atoms with E-state index in [1.165, 1.54) is 0 Å². The number of phenolic OH excluding ortho intramolecular Hbond substituents is 1. The maximum atomic E-state index is 11.7. The lowest BCUT2D eigenvalue weighted by molar-refractivity contribution is 0.0490. The summed E-state index contributed by atoms with van der Waals surface area (Å²) in [5.41, 5.74) is -0.108. The first kappa shape index (κ1) is 14.7. The minimum atomic E-state index is -0.515. The van der Waals surface area contributed by atoms with E-state index in [9.17, 15) is 9.90 Å². The molecule has 0 bridgehead atoms. The van der Waals surface area contributed by atoms with E-state index in [4.69, 9.17) is 4.74 Å². The molecule has 110 valence electrons. The predicted molar refractivity (Wildman–Crippen MR) is 76.6 cm³/mol. The molecule has 2 rings (SSSR count). The number of phenols is 1. The molecule has 0 saturated carbocycles. The fourth-order valence-electron chi connectivity index (χ4n) is 2.32. The van der Waals surface area contributed by atoms with Gasteiger partial charge in [0.2, 0.25) is 0 Å². The summed E-state index contributed by atoms with van der Waals surface area (Å²) in [7, 11) is 0. The van der Waals surface area contributed by atoms with Gasteiger partial charge in [0.1, 0.15) is 11.4 Å². The number of hydrogen-bond acceptors (Lipinski definition) is 4. The van der Waals surface area contributed by atoms with Crippen LogP contribution in [0.4, 0.5) is 4.79 Å². The molecular formula is C15H22N2O3. The first-order valence-corrected chi connectivity index (χ1v) is 6.83. The normalized spacial score (nSPS) is 21.9. The molecule has 1 heterocycles. The third-order valence-corrected chi connectivity index (χ3v) is 3.37. The van der Waals surface area contributed by atoms with Gasteiger partial charge in [-0.1, -0.05) is 18.2 Å². The number of para-hydroxylation sites is 1. The number of carbonyl (C=O) groups is 1. The highest BCUT2D eigenvalue weighted by molar-refractivity contribution is 5.68. The van der Waals surface area contributed by atoms with Crippen LogP contribution in [0, 0.1) is 0 Å². The summed E-state index contributed by atoms with van der Waals surface area (Å²) in [5.74, 6) is 0.241. The number of alkyl carbamates (subject to hydrolysis) is 1. The maximum absolute atomic E-state index is 11.7. The van der Waals surface area contributed by atoms with Gasteiger partial charge in [-0.15, -0.1) is 0 Å². The number of nitrogens with one attached hydrogen (secondary N) is 2. The van der Waals surface area contributed by atoms with E-state index in [2.05, 4.69) is 10.6 Å². The molecule has 0 spiro atoms. The molecule has 1 saturated heterocycles. The highest BCUT2D eigenvalue weighted by Crippen LogP contribution is 2.35. The Morgan fingerprint density at radius 3 is 2.60 bits per heavy atom. The minimum Gasteiger partial charge on any atom is -0.508 e. The van der Waals surface area contributed by atoms with Crippen LogP contribution in [0.3, 0.4) is 0 Å².